The van der Waals surface area contributed by atoms with Crippen LogP contribution in [-0.2, 0) is 13.1 Å². The number of carbonyl (C=O) groups is 4. The van der Waals surface area contributed by atoms with Crippen molar-refractivity contribution in [2.45, 2.75) is 25.9 Å². The number of hydrogen-bond donors (Lipinski definition) is 0. The van der Waals surface area contributed by atoms with Crippen LogP contribution in [0.15, 0.2) is 84.9 Å². The van der Waals surface area contributed by atoms with E-state index in [1.165, 1.54) is 20.9 Å². The van der Waals surface area contributed by atoms with Crippen molar-refractivity contribution in [2.75, 3.05) is 40.3 Å². The van der Waals surface area contributed by atoms with E-state index in [2.05, 4.69) is 34.1 Å². The number of nitrogens with zero attached hydrogens (tertiary/aromatic N) is 4. The number of benzene rings is 4. The molecular formula is C36H36N4O4. The van der Waals surface area contributed by atoms with Crippen molar-refractivity contribution in [1.82, 2.24) is 19.6 Å². The lowest BCUT2D eigenvalue weighted by atomic mass is 9.86. The maximum Gasteiger partial charge on any atom is 0.261 e. The number of amides is 4. The molecule has 6 rings (SSSR count). The Morgan fingerprint density at radius 1 is 0.477 bits per heavy atom. The zero-order valence-corrected chi connectivity index (χ0v) is 25.2. The summed E-state index contributed by atoms with van der Waals surface area (Å²) >= 11 is 0. The highest BCUT2D eigenvalue weighted by Crippen LogP contribution is 2.38. The van der Waals surface area contributed by atoms with E-state index >= 15 is 0 Å². The quantitative estimate of drug-likeness (QED) is 0.215. The lowest BCUT2D eigenvalue weighted by Gasteiger charge is -2.32. The normalized spacial score (nSPS) is 14.5. The highest BCUT2D eigenvalue weighted by molar-refractivity contribution is 6.33. The van der Waals surface area contributed by atoms with Crippen molar-refractivity contribution < 1.29 is 19.2 Å². The number of carbonyl (C=O) groups excluding carboxylic acids is 4. The van der Waals surface area contributed by atoms with E-state index in [0.29, 0.717) is 59.0 Å². The van der Waals surface area contributed by atoms with Crippen molar-refractivity contribution in [1.29, 1.82) is 0 Å². The third-order valence-corrected chi connectivity index (χ3v) is 8.50. The molecule has 0 saturated carbocycles. The molecule has 2 aliphatic rings. The first-order valence-electron chi connectivity index (χ1n) is 15.1. The summed E-state index contributed by atoms with van der Waals surface area (Å²) in [6.45, 7) is 3.55. The van der Waals surface area contributed by atoms with E-state index < -0.39 is 0 Å². The van der Waals surface area contributed by atoms with Crippen LogP contribution in [0.1, 0.15) is 65.4 Å². The molecule has 4 aromatic carbocycles. The number of rotatable bonds is 12. The molecule has 0 fully saturated rings. The first kappa shape index (κ1) is 29.4. The zero-order valence-electron chi connectivity index (χ0n) is 25.2. The van der Waals surface area contributed by atoms with Crippen LogP contribution in [0.2, 0.25) is 0 Å². The van der Waals surface area contributed by atoms with Gasteiger partial charge in [-0.05, 0) is 75.4 Å². The van der Waals surface area contributed by atoms with Gasteiger partial charge in [0.2, 0.25) is 0 Å². The maximum absolute atomic E-state index is 13.6. The van der Waals surface area contributed by atoms with Gasteiger partial charge in [0.15, 0.2) is 0 Å². The Kier molecular flexibility index (Phi) is 8.37. The van der Waals surface area contributed by atoms with Gasteiger partial charge in [-0.3, -0.25) is 29.0 Å². The molecule has 4 aromatic rings. The van der Waals surface area contributed by atoms with Gasteiger partial charge in [-0.15, -0.1) is 0 Å². The summed E-state index contributed by atoms with van der Waals surface area (Å²) in [4.78, 5) is 61.2. The molecule has 0 radical (unpaired) electrons. The SMILES string of the molecule is CN(CCCN1C(=O)c2ccc3c4c(ccc(c24)C1=O)C(=O)N(CCCN(C)Cc1ccccc1)C3=O)Cc1ccccc1. The van der Waals surface area contributed by atoms with Crippen LogP contribution < -0.4 is 0 Å². The summed E-state index contributed by atoms with van der Waals surface area (Å²) in [6, 6.07) is 26.8. The lowest BCUT2D eigenvalue weighted by molar-refractivity contribution is 0.0583. The van der Waals surface area contributed by atoms with Crippen LogP contribution in [0.5, 0.6) is 0 Å². The van der Waals surface area contributed by atoms with Crippen molar-refractivity contribution in [3.8, 4) is 0 Å². The van der Waals surface area contributed by atoms with Crippen molar-refractivity contribution in [2.24, 2.45) is 0 Å². The van der Waals surface area contributed by atoms with Crippen LogP contribution >= 0.6 is 0 Å². The lowest BCUT2D eigenvalue weighted by Crippen LogP contribution is -2.44. The van der Waals surface area contributed by atoms with Gasteiger partial charge in [0.25, 0.3) is 23.6 Å². The molecule has 2 heterocycles. The van der Waals surface area contributed by atoms with E-state index in [0.717, 1.165) is 13.1 Å². The summed E-state index contributed by atoms with van der Waals surface area (Å²) in [7, 11) is 4.04. The Labute approximate surface area is 257 Å². The number of imide groups is 2. The average molecular weight is 589 g/mol. The molecule has 0 aromatic heterocycles. The highest BCUT2D eigenvalue weighted by atomic mass is 16.2. The van der Waals surface area contributed by atoms with Crippen LogP contribution in [0, 0.1) is 0 Å². The van der Waals surface area contributed by atoms with Gasteiger partial charge in [-0.1, -0.05) is 60.7 Å². The smallest absolute Gasteiger partial charge is 0.261 e. The van der Waals surface area contributed by atoms with E-state index in [4.69, 9.17) is 0 Å². The molecule has 44 heavy (non-hydrogen) atoms. The van der Waals surface area contributed by atoms with Gasteiger partial charge in [0.1, 0.15) is 0 Å². The van der Waals surface area contributed by atoms with Crippen molar-refractivity contribution in [3.63, 3.8) is 0 Å². The Balaban J connectivity index is 1.15. The van der Waals surface area contributed by atoms with Gasteiger partial charge in [-0.2, -0.15) is 0 Å². The highest BCUT2D eigenvalue weighted by Gasteiger charge is 2.39. The number of hydrogen-bond acceptors (Lipinski definition) is 6. The fraction of sp³-hybridized carbons (Fsp3) is 0.278. The van der Waals surface area contributed by atoms with E-state index in [-0.39, 0.29) is 36.7 Å². The Morgan fingerprint density at radius 2 is 0.795 bits per heavy atom. The third-order valence-electron chi connectivity index (χ3n) is 8.50. The van der Waals surface area contributed by atoms with Crippen LogP contribution in [0.4, 0.5) is 0 Å². The summed E-state index contributed by atoms with van der Waals surface area (Å²) in [5, 5.41) is 0.827. The zero-order chi connectivity index (χ0) is 30.8. The van der Waals surface area contributed by atoms with E-state index in [1.54, 1.807) is 24.3 Å². The molecule has 2 aliphatic heterocycles. The maximum atomic E-state index is 13.6. The molecule has 0 atom stereocenters. The fourth-order valence-corrected chi connectivity index (χ4v) is 6.33. The summed E-state index contributed by atoms with van der Waals surface area (Å²) < 4.78 is 0. The Hall–Kier alpha value is -4.66. The Morgan fingerprint density at radius 3 is 1.11 bits per heavy atom. The molecule has 0 saturated heterocycles. The molecule has 0 spiro atoms. The van der Waals surface area contributed by atoms with Gasteiger partial charge in [0, 0.05) is 59.2 Å². The minimum absolute atomic E-state index is 0.283. The van der Waals surface area contributed by atoms with Crippen LogP contribution in [0.25, 0.3) is 10.8 Å². The first-order valence-corrected chi connectivity index (χ1v) is 15.1. The second-order valence-electron chi connectivity index (χ2n) is 11.7. The third kappa shape index (κ3) is 5.66. The van der Waals surface area contributed by atoms with E-state index in [1.807, 2.05) is 50.5 Å². The second-order valence-corrected chi connectivity index (χ2v) is 11.7. The second kappa shape index (κ2) is 12.5. The topological polar surface area (TPSA) is 81.2 Å². The van der Waals surface area contributed by atoms with Crippen LogP contribution in [0.3, 0.4) is 0 Å². The van der Waals surface area contributed by atoms with Gasteiger partial charge >= 0.3 is 0 Å². The predicted molar refractivity (Wildman–Crippen MR) is 169 cm³/mol. The monoisotopic (exact) mass is 588 g/mol. The van der Waals surface area contributed by atoms with Crippen molar-refractivity contribution in [3.05, 3.63) is 118 Å². The molecular weight excluding hydrogens is 552 g/mol. The van der Waals surface area contributed by atoms with E-state index in [9.17, 15) is 19.2 Å². The van der Waals surface area contributed by atoms with Crippen molar-refractivity contribution >= 4 is 34.4 Å². The molecule has 4 amide bonds. The van der Waals surface area contributed by atoms with Gasteiger partial charge < -0.3 is 9.80 Å². The molecule has 8 nitrogen and oxygen atoms in total. The Bertz CT molecular complexity index is 1540. The molecule has 0 aliphatic carbocycles. The first-order chi connectivity index (χ1) is 21.3. The predicted octanol–water partition coefficient (Wildman–Crippen LogP) is 5.08. The minimum Gasteiger partial charge on any atom is -0.302 e. The molecule has 0 N–H and O–H groups in total. The molecule has 0 unspecified atom stereocenters. The summed E-state index contributed by atoms with van der Waals surface area (Å²) in [5.74, 6) is -1.55. The minimum atomic E-state index is -0.388. The van der Waals surface area contributed by atoms with Gasteiger partial charge in [-0.25, -0.2) is 0 Å². The molecule has 0 bridgehead atoms. The average Bonchev–Trinajstić information content (AvgIpc) is 3.03. The van der Waals surface area contributed by atoms with Crippen LogP contribution in [-0.4, -0.2) is 83.5 Å². The standard InChI is InChI=1S/C36H36N4O4/c1-37(23-25-11-5-3-6-12-25)19-9-21-39-33(41)27-15-17-29-32-30(18-16-28(31(27)32)34(39)42)36(44)40(35(29)43)22-10-20-38(2)24-26-13-7-4-8-14-26/h3-8,11-18H,9-10,19-24H2,1-2H3. The summed E-state index contributed by atoms with van der Waals surface area (Å²) in [5.41, 5.74) is 3.83. The summed E-state index contributed by atoms with van der Waals surface area (Å²) in [6.07, 6.45) is 1.25. The molecule has 224 valence electrons. The fourth-order valence-electron chi connectivity index (χ4n) is 6.33. The largest absolute Gasteiger partial charge is 0.302 e. The van der Waals surface area contributed by atoms with Gasteiger partial charge in [0.05, 0.1) is 0 Å². The molecule has 8 heteroatoms.